The van der Waals surface area contributed by atoms with Crippen LogP contribution in [0.15, 0.2) is 18.2 Å². The fourth-order valence-corrected chi connectivity index (χ4v) is 2.45. The maximum atomic E-state index is 13.4. The summed E-state index contributed by atoms with van der Waals surface area (Å²) in [5, 5.41) is 5.99. The van der Waals surface area contributed by atoms with Crippen LogP contribution in [0.25, 0.3) is 0 Å². The lowest BCUT2D eigenvalue weighted by atomic mass is 10.0. The number of benzene rings is 1. The lowest BCUT2D eigenvalue weighted by Gasteiger charge is -2.30. The van der Waals surface area contributed by atoms with E-state index in [-0.39, 0.29) is 23.9 Å². The van der Waals surface area contributed by atoms with E-state index in [9.17, 15) is 9.18 Å². The number of hydrogen-bond donors (Lipinski definition) is 2. The minimum absolute atomic E-state index is 0.166. The van der Waals surface area contributed by atoms with Gasteiger partial charge in [-0.2, -0.15) is 0 Å². The molecular formula is C15H21FN2O3. The Bertz CT molecular complexity index is 510. The molecule has 1 amide bonds. The first-order chi connectivity index (χ1) is 10.0. The maximum Gasteiger partial charge on any atom is 0.240 e. The van der Waals surface area contributed by atoms with Crippen LogP contribution in [0, 0.1) is 5.82 Å². The van der Waals surface area contributed by atoms with E-state index in [1.165, 1.54) is 19.2 Å². The van der Waals surface area contributed by atoms with Crippen molar-refractivity contribution in [3.05, 3.63) is 29.6 Å². The fraction of sp³-hybridized carbons (Fsp3) is 0.533. The molecule has 2 rings (SSSR count). The van der Waals surface area contributed by atoms with Gasteiger partial charge in [-0.3, -0.25) is 4.79 Å². The Labute approximate surface area is 123 Å². The van der Waals surface area contributed by atoms with E-state index in [1.807, 2.05) is 6.92 Å². The first-order valence-electron chi connectivity index (χ1n) is 7.01. The standard InChI is InChI=1S/C15H21FN2O3/c1-9(12-8-11(16)4-5-13(12)20-3)18-15(19)14-10(2)21-7-6-17-14/h4-5,8-10,14,17H,6-7H2,1-3H3,(H,18,19)/t9?,10-,14+/m1/s1. The second kappa shape index (κ2) is 6.87. The van der Waals surface area contributed by atoms with Crippen LogP contribution in [0.4, 0.5) is 4.39 Å². The molecule has 1 aliphatic heterocycles. The van der Waals surface area contributed by atoms with Crippen LogP contribution < -0.4 is 15.4 Å². The Morgan fingerprint density at radius 1 is 1.57 bits per heavy atom. The van der Waals surface area contributed by atoms with E-state index >= 15 is 0 Å². The number of halogens is 1. The molecule has 1 fully saturated rings. The molecule has 1 aromatic rings. The number of methoxy groups -OCH3 is 1. The summed E-state index contributed by atoms with van der Waals surface area (Å²) in [5.41, 5.74) is 0.607. The van der Waals surface area contributed by atoms with Crippen molar-refractivity contribution < 1.29 is 18.7 Å². The molecule has 1 saturated heterocycles. The van der Waals surface area contributed by atoms with Crippen LogP contribution in [0.1, 0.15) is 25.5 Å². The molecular weight excluding hydrogens is 275 g/mol. The van der Waals surface area contributed by atoms with Crippen molar-refractivity contribution in [2.45, 2.75) is 32.0 Å². The Morgan fingerprint density at radius 2 is 2.33 bits per heavy atom. The molecule has 0 saturated carbocycles. The van der Waals surface area contributed by atoms with Crippen molar-refractivity contribution in [2.75, 3.05) is 20.3 Å². The van der Waals surface area contributed by atoms with Crippen molar-refractivity contribution in [3.8, 4) is 5.75 Å². The molecule has 2 N–H and O–H groups in total. The number of hydrogen-bond acceptors (Lipinski definition) is 4. The third kappa shape index (κ3) is 3.71. The van der Waals surface area contributed by atoms with Crippen LogP contribution in [0.3, 0.4) is 0 Å². The maximum absolute atomic E-state index is 13.4. The lowest BCUT2D eigenvalue weighted by Crippen LogP contribution is -2.55. The molecule has 0 aliphatic carbocycles. The van der Waals surface area contributed by atoms with Crippen LogP contribution in [-0.2, 0) is 9.53 Å². The highest BCUT2D eigenvalue weighted by Gasteiger charge is 2.29. The second-order valence-electron chi connectivity index (χ2n) is 5.12. The quantitative estimate of drug-likeness (QED) is 0.881. The van der Waals surface area contributed by atoms with Gasteiger partial charge in [0.15, 0.2) is 0 Å². The average Bonchev–Trinajstić information content (AvgIpc) is 2.47. The minimum Gasteiger partial charge on any atom is -0.496 e. The summed E-state index contributed by atoms with van der Waals surface area (Å²) >= 11 is 0. The molecule has 6 heteroatoms. The van der Waals surface area contributed by atoms with Crippen LogP contribution in [0.5, 0.6) is 5.75 Å². The highest BCUT2D eigenvalue weighted by molar-refractivity contribution is 5.83. The first kappa shape index (κ1) is 15.7. The molecule has 1 unspecified atom stereocenters. The molecule has 1 aromatic carbocycles. The van der Waals surface area contributed by atoms with Gasteiger partial charge in [0.1, 0.15) is 17.6 Å². The van der Waals surface area contributed by atoms with E-state index in [2.05, 4.69) is 10.6 Å². The largest absolute Gasteiger partial charge is 0.496 e. The average molecular weight is 296 g/mol. The lowest BCUT2D eigenvalue weighted by molar-refractivity contribution is -0.129. The van der Waals surface area contributed by atoms with Gasteiger partial charge in [0.25, 0.3) is 0 Å². The highest BCUT2D eigenvalue weighted by atomic mass is 19.1. The third-order valence-corrected chi connectivity index (χ3v) is 3.62. The zero-order valence-electron chi connectivity index (χ0n) is 12.5. The minimum atomic E-state index is -0.402. The van der Waals surface area contributed by atoms with Crippen LogP contribution >= 0.6 is 0 Å². The van der Waals surface area contributed by atoms with E-state index < -0.39 is 6.04 Å². The number of morpholine rings is 1. The molecule has 0 aromatic heterocycles. The second-order valence-corrected chi connectivity index (χ2v) is 5.12. The van der Waals surface area contributed by atoms with Crippen LogP contribution in [-0.4, -0.2) is 38.3 Å². The van der Waals surface area contributed by atoms with Gasteiger partial charge in [0.2, 0.25) is 5.91 Å². The van der Waals surface area contributed by atoms with Gasteiger partial charge < -0.3 is 20.1 Å². The number of amides is 1. The predicted octanol–water partition coefficient (Wildman–Crippen LogP) is 1.39. The van der Waals surface area contributed by atoms with Gasteiger partial charge >= 0.3 is 0 Å². The van der Waals surface area contributed by atoms with Gasteiger partial charge in [-0.25, -0.2) is 4.39 Å². The fourth-order valence-electron chi connectivity index (χ4n) is 2.45. The van der Waals surface area contributed by atoms with Gasteiger partial charge in [-0.1, -0.05) is 0 Å². The molecule has 1 heterocycles. The Morgan fingerprint density at radius 3 is 3.00 bits per heavy atom. The number of nitrogens with one attached hydrogen (secondary N) is 2. The summed E-state index contributed by atoms with van der Waals surface area (Å²) in [6.45, 7) is 4.88. The number of rotatable bonds is 4. The summed E-state index contributed by atoms with van der Waals surface area (Å²) in [6.07, 6.45) is -0.194. The summed E-state index contributed by atoms with van der Waals surface area (Å²) in [6, 6.07) is 3.49. The normalized spacial score (nSPS) is 23.4. The number of carbonyl (C=O) groups is 1. The number of carbonyl (C=O) groups excluding carboxylic acids is 1. The number of ether oxygens (including phenoxy) is 2. The molecule has 5 nitrogen and oxygen atoms in total. The molecule has 3 atom stereocenters. The summed E-state index contributed by atoms with van der Waals surface area (Å²) in [4.78, 5) is 12.3. The zero-order valence-corrected chi connectivity index (χ0v) is 12.5. The highest BCUT2D eigenvalue weighted by Crippen LogP contribution is 2.26. The molecule has 0 radical (unpaired) electrons. The molecule has 116 valence electrons. The van der Waals surface area contributed by atoms with Gasteiger partial charge in [-0.15, -0.1) is 0 Å². The van der Waals surface area contributed by atoms with Crippen molar-refractivity contribution >= 4 is 5.91 Å². The van der Waals surface area contributed by atoms with Crippen molar-refractivity contribution in [1.82, 2.24) is 10.6 Å². The van der Waals surface area contributed by atoms with Crippen molar-refractivity contribution in [1.29, 1.82) is 0 Å². The Hall–Kier alpha value is -1.66. The van der Waals surface area contributed by atoms with Gasteiger partial charge in [0, 0.05) is 12.1 Å². The molecule has 0 bridgehead atoms. The molecule has 0 spiro atoms. The smallest absolute Gasteiger partial charge is 0.240 e. The topological polar surface area (TPSA) is 59.6 Å². The van der Waals surface area contributed by atoms with E-state index in [4.69, 9.17) is 9.47 Å². The van der Waals surface area contributed by atoms with E-state index in [0.29, 0.717) is 24.5 Å². The van der Waals surface area contributed by atoms with Gasteiger partial charge in [-0.05, 0) is 32.0 Å². The van der Waals surface area contributed by atoms with E-state index in [1.54, 1.807) is 13.0 Å². The Balaban J connectivity index is 2.08. The van der Waals surface area contributed by atoms with E-state index in [0.717, 1.165) is 0 Å². The third-order valence-electron chi connectivity index (χ3n) is 3.62. The van der Waals surface area contributed by atoms with Crippen molar-refractivity contribution in [2.24, 2.45) is 0 Å². The Kier molecular flexibility index (Phi) is 5.14. The zero-order chi connectivity index (χ0) is 15.4. The van der Waals surface area contributed by atoms with Crippen LogP contribution in [0.2, 0.25) is 0 Å². The van der Waals surface area contributed by atoms with Gasteiger partial charge in [0.05, 0.1) is 25.9 Å². The SMILES string of the molecule is COc1ccc(F)cc1C(C)NC(=O)[C@H]1NCCO[C@@H]1C. The summed E-state index contributed by atoms with van der Waals surface area (Å²) in [5.74, 6) is 0.0190. The summed E-state index contributed by atoms with van der Waals surface area (Å²) in [7, 11) is 1.52. The molecule has 1 aliphatic rings. The van der Waals surface area contributed by atoms with Crippen molar-refractivity contribution in [3.63, 3.8) is 0 Å². The first-order valence-corrected chi connectivity index (χ1v) is 7.01. The predicted molar refractivity (Wildman–Crippen MR) is 76.7 cm³/mol. The monoisotopic (exact) mass is 296 g/mol. The summed E-state index contributed by atoms with van der Waals surface area (Å²) < 4.78 is 24.1. The molecule has 21 heavy (non-hydrogen) atoms.